The molecule has 0 fully saturated rings. The lowest BCUT2D eigenvalue weighted by Gasteiger charge is -2.09. The van der Waals surface area contributed by atoms with Gasteiger partial charge in [0.25, 0.3) is 0 Å². The number of aromatic nitrogens is 4. The number of aromatic amines is 1. The molecule has 1 aromatic rings. The zero-order valence-corrected chi connectivity index (χ0v) is 17.1. The van der Waals surface area contributed by atoms with Crippen LogP contribution < -0.4 is 22.3 Å². The average Bonchev–Trinajstić information content (AvgIpc) is 2.76. The molecule has 0 aliphatic carbocycles. The van der Waals surface area contributed by atoms with Crippen molar-refractivity contribution in [1.82, 2.24) is 19.9 Å². The van der Waals surface area contributed by atoms with E-state index in [1.54, 1.807) is 18.3 Å². The number of carbonyl (C=O) groups is 3. The number of hydrogen-bond acceptors (Lipinski definition) is 10. The number of rotatable bonds is 8. The van der Waals surface area contributed by atoms with Crippen molar-refractivity contribution >= 4 is 29.5 Å². The Morgan fingerprint density at radius 3 is 2.30 bits per heavy atom. The number of nitrogens with one attached hydrogen (secondary N) is 2. The first-order chi connectivity index (χ1) is 15.6. The Hall–Kier alpha value is -4.59. The standard InChI is InChI=1S/C14H12N6O3.C5H9NO4/c15-14-19-11-10(12(21)20-14)18-9(6-17-11)5-16-8-3-1-7(2-4-8)13(22)23;6-3(5(9)10)1-2-4(7)8/h1-4,6,16H,5H2,(H,22,23)(H3,15,17,19,20,21);3H,1-2,6H2,(H,7,8)(H,9,10). The van der Waals surface area contributed by atoms with E-state index < -0.39 is 29.5 Å². The van der Waals surface area contributed by atoms with Crippen LogP contribution in [0.4, 0.5) is 11.6 Å². The maximum absolute atomic E-state index is 11.7. The molecule has 1 unspecified atom stereocenters. The van der Waals surface area contributed by atoms with Crippen LogP contribution in [0.3, 0.4) is 0 Å². The first-order valence-corrected chi connectivity index (χ1v) is 9.36. The van der Waals surface area contributed by atoms with Crippen LogP contribution in [-0.4, -0.2) is 59.2 Å². The molecule has 1 atom stereocenters. The highest BCUT2D eigenvalue weighted by Crippen LogP contribution is 2.13. The van der Waals surface area contributed by atoms with Gasteiger partial charge in [-0.3, -0.25) is 14.4 Å². The van der Waals surface area contributed by atoms with Gasteiger partial charge in [0.05, 0.1) is 17.8 Å². The number of nitrogens with zero attached hydrogens (tertiary/aromatic N) is 3. The van der Waals surface area contributed by atoms with Crippen LogP contribution in [-0.2, 0) is 16.1 Å². The van der Waals surface area contributed by atoms with Gasteiger partial charge in [0.1, 0.15) is 6.04 Å². The molecule has 174 valence electrons. The van der Waals surface area contributed by atoms with E-state index in [0.717, 1.165) is 5.69 Å². The number of aromatic carboxylic acids is 1. The van der Waals surface area contributed by atoms with Crippen molar-refractivity contribution in [2.45, 2.75) is 25.4 Å². The molecular weight excluding hydrogens is 438 g/mol. The Bertz CT molecular complexity index is 1160. The van der Waals surface area contributed by atoms with Gasteiger partial charge in [-0.05, 0) is 30.7 Å². The summed E-state index contributed by atoms with van der Waals surface area (Å²) >= 11 is 0. The lowest BCUT2D eigenvalue weighted by molar-refractivity contribution is -0.139. The second-order valence-electron chi connectivity index (χ2n) is 6.59. The van der Waals surface area contributed by atoms with Crippen molar-refractivity contribution in [1.29, 1.82) is 0 Å². The molecule has 0 amide bonds. The van der Waals surface area contributed by atoms with Crippen LogP contribution in [0.5, 0.6) is 0 Å². The summed E-state index contributed by atoms with van der Waals surface area (Å²) in [6.45, 7) is 0.336. The van der Waals surface area contributed by atoms with Crippen molar-refractivity contribution in [2.24, 2.45) is 5.73 Å². The Kier molecular flexibility index (Phi) is 8.34. The zero-order chi connectivity index (χ0) is 24.5. The Morgan fingerprint density at radius 2 is 1.73 bits per heavy atom. The molecule has 14 heteroatoms. The molecular formula is C19H21N7O7. The number of nitrogens with two attached hydrogens (primary N) is 2. The van der Waals surface area contributed by atoms with Crippen molar-refractivity contribution in [2.75, 3.05) is 11.1 Å². The molecule has 0 aromatic heterocycles. The number of hydrogen-bond donors (Lipinski definition) is 7. The monoisotopic (exact) mass is 459 g/mol. The van der Waals surface area contributed by atoms with E-state index in [-0.39, 0.29) is 35.9 Å². The van der Waals surface area contributed by atoms with Gasteiger partial charge in [-0.2, -0.15) is 9.97 Å². The van der Waals surface area contributed by atoms with Gasteiger partial charge in [-0.1, -0.05) is 0 Å². The van der Waals surface area contributed by atoms with Crippen LogP contribution in [0, 0.1) is 0 Å². The molecule has 33 heavy (non-hydrogen) atoms. The highest BCUT2D eigenvalue weighted by molar-refractivity contribution is 5.88. The number of nitrogen functional groups attached to an aromatic ring is 1. The van der Waals surface area contributed by atoms with Crippen molar-refractivity contribution in [3.63, 3.8) is 0 Å². The van der Waals surface area contributed by atoms with E-state index in [1.807, 2.05) is 0 Å². The van der Waals surface area contributed by atoms with E-state index in [2.05, 4.69) is 25.3 Å². The number of aliphatic carboxylic acids is 2. The summed E-state index contributed by atoms with van der Waals surface area (Å²) in [7, 11) is 0. The summed E-state index contributed by atoms with van der Waals surface area (Å²) in [6.07, 6.45) is 1.38. The molecule has 9 N–H and O–H groups in total. The number of anilines is 2. The van der Waals surface area contributed by atoms with Crippen LogP contribution in [0.25, 0.3) is 11.5 Å². The first kappa shape index (κ1) is 24.7. The van der Waals surface area contributed by atoms with Gasteiger partial charge in [0.2, 0.25) is 5.95 Å². The van der Waals surface area contributed by atoms with Crippen LogP contribution in [0.15, 0.2) is 35.3 Å². The number of carboxylic acid groups (broad SMARTS) is 3. The molecule has 0 saturated heterocycles. The van der Waals surface area contributed by atoms with Gasteiger partial charge < -0.3 is 37.1 Å². The minimum atomic E-state index is -1.17. The fourth-order valence-corrected chi connectivity index (χ4v) is 2.40. The molecule has 0 radical (unpaired) electrons. The number of H-pyrrole nitrogens is 1. The lowest BCUT2D eigenvalue weighted by atomic mass is 10.2. The Balaban J connectivity index is 0.000000328. The topological polar surface area (TPSA) is 248 Å². The third kappa shape index (κ3) is 7.55. The SMILES string of the molecule is NC(CCC(=O)O)C(=O)O.Nc1nc2[nH]cc(CNc3ccc(C(=O)O)cc3)nc-2c(=O)n1. The Morgan fingerprint density at radius 1 is 1.06 bits per heavy atom. The van der Waals surface area contributed by atoms with Gasteiger partial charge in [0.15, 0.2) is 11.5 Å². The van der Waals surface area contributed by atoms with Crippen LogP contribution in [0.1, 0.15) is 28.9 Å². The second-order valence-corrected chi connectivity index (χ2v) is 6.59. The van der Waals surface area contributed by atoms with Crippen LogP contribution >= 0.6 is 0 Å². The molecule has 14 nitrogen and oxygen atoms in total. The molecule has 2 aliphatic heterocycles. The predicted octanol–water partition coefficient (Wildman–Crippen LogP) is -0.180. The predicted molar refractivity (Wildman–Crippen MR) is 115 cm³/mol. The molecule has 3 rings (SSSR count). The van der Waals surface area contributed by atoms with Gasteiger partial charge >= 0.3 is 23.5 Å². The highest BCUT2D eigenvalue weighted by atomic mass is 16.4. The molecule has 0 bridgehead atoms. The first-order valence-electron chi connectivity index (χ1n) is 9.36. The summed E-state index contributed by atoms with van der Waals surface area (Å²) in [6, 6.07) is 5.23. The van der Waals surface area contributed by atoms with Crippen molar-refractivity contribution in [3.05, 3.63) is 52.1 Å². The summed E-state index contributed by atoms with van der Waals surface area (Å²) in [4.78, 5) is 56.9. The fourth-order valence-electron chi connectivity index (χ4n) is 2.40. The highest BCUT2D eigenvalue weighted by Gasteiger charge is 2.13. The van der Waals surface area contributed by atoms with E-state index in [4.69, 9.17) is 26.8 Å². The van der Waals surface area contributed by atoms with E-state index >= 15 is 0 Å². The van der Waals surface area contributed by atoms with E-state index in [9.17, 15) is 19.2 Å². The summed E-state index contributed by atoms with van der Waals surface area (Å²) in [5.74, 6) is -3.01. The van der Waals surface area contributed by atoms with Crippen molar-refractivity contribution in [3.8, 4) is 11.5 Å². The van der Waals surface area contributed by atoms with E-state index in [0.29, 0.717) is 12.2 Å². The third-order valence-electron chi connectivity index (χ3n) is 4.09. The molecule has 0 spiro atoms. The normalized spacial score (nSPS) is 11.2. The van der Waals surface area contributed by atoms with Crippen LogP contribution in [0.2, 0.25) is 0 Å². The summed E-state index contributed by atoms with van der Waals surface area (Å²) < 4.78 is 0. The largest absolute Gasteiger partial charge is 0.481 e. The average molecular weight is 459 g/mol. The smallest absolute Gasteiger partial charge is 0.335 e. The van der Waals surface area contributed by atoms with Gasteiger partial charge in [-0.25, -0.2) is 9.78 Å². The lowest BCUT2D eigenvalue weighted by Crippen LogP contribution is -2.30. The minimum absolute atomic E-state index is 0.0231. The number of fused-ring (bicyclic) bond motifs is 1. The maximum Gasteiger partial charge on any atom is 0.335 e. The third-order valence-corrected chi connectivity index (χ3v) is 4.09. The number of benzene rings is 1. The fraction of sp³-hybridized carbons (Fsp3) is 0.211. The minimum Gasteiger partial charge on any atom is -0.481 e. The summed E-state index contributed by atoms with van der Waals surface area (Å²) in [5.41, 5.74) is 11.5. The molecule has 0 saturated carbocycles. The number of carboxylic acids is 3. The Labute approximate surface area is 185 Å². The van der Waals surface area contributed by atoms with Gasteiger partial charge in [0, 0.05) is 18.3 Å². The van der Waals surface area contributed by atoms with E-state index in [1.165, 1.54) is 12.1 Å². The second kappa shape index (κ2) is 11.1. The van der Waals surface area contributed by atoms with Crippen molar-refractivity contribution < 1.29 is 29.7 Å². The summed E-state index contributed by atoms with van der Waals surface area (Å²) in [5, 5.41) is 28.2. The zero-order valence-electron chi connectivity index (χ0n) is 17.1. The van der Waals surface area contributed by atoms with Gasteiger partial charge in [-0.15, -0.1) is 0 Å². The molecule has 2 aliphatic rings. The quantitative estimate of drug-likeness (QED) is 0.231. The molecule has 2 heterocycles. The molecule has 1 aromatic carbocycles. The maximum atomic E-state index is 11.7.